The molecule has 7 heteroatoms. The topological polar surface area (TPSA) is 63.5 Å². The maximum atomic E-state index is 12.1. The predicted octanol–water partition coefficient (Wildman–Crippen LogP) is 1.08. The molecule has 1 aromatic heterocycles. The van der Waals surface area contributed by atoms with Crippen molar-refractivity contribution in [3.8, 4) is 5.75 Å². The predicted molar refractivity (Wildman–Crippen MR) is 77.6 cm³/mol. The van der Waals surface area contributed by atoms with E-state index in [9.17, 15) is 4.79 Å². The fraction of sp³-hybridized carbons (Fsp3) is 0.357. The van der Waals surface area contributed by atoms with Crippen LogP contribution in [0, 0.1) is 0 Å². The van der Waals surface area contributed by atoms with Gasteiger partial charge in [-0.25, -0.2) is 4.79 Å². The van der Waals surface area contributed by atoms with E-state index in [1.54, 1.807) is 12.0 Å². The van der Waals surface area contributed by atoms with Crippen LogP contribution in [0.25, 0.3) is 0 Å². The second kappa shape index (κ2) is 5.82. The van der Waals surface area contributed by atoms with Crippen LogP contribution < -0.4 is 9.64 Å². The monoisotopic (exact) mass is 287 g/mol. The molecular weight excluding hydrogens is 270 g/mol. The fourth-order valence-corrected chi connectivity index (χ4v) is 2.47. The van der Waals surface area contributed by atoms with E-state index in [4.69, 9.17) is 4.74 Å². The summed E-state index contributed by atoms with van der Waals surface area (Å²) in [7, 11) is 1.67. The van der Waals surface area contributed by atoms with Gasteiger partial charge in [-0.3, -0.25) is 0 Å². The molecule has 0 saturated carbocycles. The summed E-state index contributed by atoms with van der Waals surface area (Å²) in [4.78, 5) is 17.2. The van der Waals surface area contributed by atoms with Crippen molar-refractivity contribution in [1.29, 1.82) is 0 Å². The molecule has 1 amide bonds. The molecule has 1 aliphatic heterocycles. The third-order valence-corrected chi connectivity index (χ3v) is 3.57. The number of ether oxygens (including phenoxy) is 1. The van der Waals surface area contributed by atoms with Gasteiger partial charge in [0, 0.05) is 26.2 Å². The van der Waals surface area contributed by atoms with Crippen molar-refractivity contribution in [1.82, 2.24) is 19.9 Å². The first-order valence-electron chi connectivity index (χ1n) is 6.83. The van der Waals surface area contributed by atoms with Crippen LogP contribution in [0.15, 0.2) is 36.7 Å². The molecule has 2 aromatic rings. The van der Waals surface area contributed by atoms with Gasteiger partial charge in [-0.2, -0.15) is 10.2 Å². The molecule has 1 fully saturated rings. The van der Waals surface area contributed by atoms with Crippen molar-refractivity contribution >= 4 is 11.7 Å². The Bertz CT molecular complexity index is 606. The summed E-state index contributed by atoms with van der Waals surface area (Å²) in [5.41, 5.74) is 1.06. The number of piperazine rings is 1. The van der Waals surface area contributed by atoms with Crippen LogP contribution in [-0.2, 0) is 0 Å². The molecule has 3 rings (SSSR count). The van der Waals surface area contributed by atoms with Gasteiger partial charge in [0.1, 0.15) is 5.75 Å². The molecule has 2 heterocycles. The van der Waals surface area contributed by atoms with Gasteiger partial charge in [0.25, 0.3) is 0 Å². The first-order chi connectivity index (χ1) is 10.3. The van der Waals surface area contributed by atoms with Crippen molar-refractivity contribution in [2.45, 2.75) is 0 Å². The summed E-state index contributed by atoms with van der Waals surface area (Å²) >= 11 is 0. The SMILES string of the molecule is COc1ccccc1N1CCN(C(=O)n2nccn2)CC1. The second-order valence-corrected chi connectivity index (χ2v) is 4.75. The summed E-state index contributed by atoms with van der Waals surface area (Å²) in [6.07, 6.45) is 3.01. The van der Waals surface area contributed by atoms with Gasteiger partial charge in [0.05, 0.1) is 25.2 Å². The number of amides is 1. The highest BCUT2D eigenvalue weighted by Crippen LogP contribution is 2.28. The minimum Gasteiger partial charge on any atom is -0.495 e. The Labute approximate surface area is 122 Å². The number of anilines is 1. The van der Waals surface area contributed by atoms with Gasteiger partial charge in [-0.1, -0.05) is 16.9 Å². The van der Waals surface area contributed by atoms with E-state index >= 15 is 0 Å². The molecule has 0 bridgehead atoms. The molecule has 1 saturated heterocycles. The van der Waals surface area contributed by atoms with Gasteiger partial charge in [-0.05, 0) is 12.1 Å². The summed E-state index contributed by atoms with van der Waals surface area (Å²) < 4.78 is 5.39. The molecule has 0 aliphatic carbocycles. The number of para-hydroxylation sites is 2. The van der Waals surface area contributed by atoms with Crippen LogP contribution in [0.2, 0.25) is 0 Å². The lowest BCUT2D eigenvalue weighted by Gasteiger charge is -2.36. The summed E-state index contributed by atoms with van der Waals surface area (Å²) in [6, 6.07) is 7.74. The van der Waals surface area contributed by atoms with Crippen molar-refractivity contribution in [3.63, 3.8) is 0 Å². The van der Waals surface area contributed by atoms with Crippen LogP contribution in [0.1, 0.15) is 0 Å². The third kappa shape index (κ3) is 2.67. The molecule has 1 aliphatic rings. The van der Waals surface area contributed by atoms with Gasteiger partial charge in [-0.15, -0.1) is 0 Å². The normalized spacial score (nSPS) is 15.1. The molecule has 0 spiro atoms. The Balaban J connectivity index is 1.66. The first kappa shape index (κ1) is 13.4. The highest BCUT2D eigenvalue weighted by atomic mass is 16.5. The number of methoxy groups -OCH3 is 1. The maximum Gasteiger partial charge on any atom is 0.362 e. The molecular formula is C14H17N5O2. The van der Waals surface area contributed by atoms with Crippen LogP contribution in [-0.4, -0.2) is 59.2 Å². The first-order valence-corrected chi connectivity index (χ1v) is 6.83. The lowest BCUT2D eigenvalue weighted by atomic mass is 10.2. The largest absolute Gasteiger partial charge is 0.495 e. The van der Waals surface area contributed by atoms with E-state index < -0.39 is 0 Å². The number of nitrogens with zero attached hydrogens (tertiary/aromatic N) is 5. The standard InChI is InChI=1S/C14H17N5O2/c1-21-13-5-3-2-4-12(13)17-8-10-18(11-9-17)14(20)19-15-6-7-16-19/h2-7H,8-11H2,1H3. The number of carbonyl (C=O) groups excluding carboxylic acids is 1. The highest BCUT2D eigenvalue weighted by molar-refractivity contribution is 5.75. The van der Waals surface area contributed by atoms with Gasteiger partial charge in [0.2, 0.25) is 0 Å². The summed E-state index contributed by atoms with van der Waals surface area (Å²) in [6.45, 7) is 2.79. The lowest BCUT2D eigenvalue weighted by molar-refractivity contribution is 0.188. The third-order valence-electron chi connectivity index (χ3n) is 3.57. The zero-order chi connectivity index (χ0) is 14.7. The number of benzene rings is 1. The average molecular weight is 287 g/mol. The summed E-state index contributed by atoms with van der Waals surface area (Å²) in [5.74, 6) is 0.853. The van der Waals surface area contributed by atoms with E-state index in [-0.39, 0.29) is 6.03 Å². The Morgan fingerprint density at radius 1 is 1.10 bits per heavy atom. The van der Waals surface area contributed by atoms with Crippen LogP contribution in [0.5, 0.6) is 5.75 Å². The van der Waals surface area contributed by atoms with Crippen molar-refractivity contribution < 1.29 is 9.53 Å². The van der Waals surface area contributed by atoms with Gasteiger partial charge in [0.15, 0.2) is 0 Å². The molecule has 0 atom stereocenters. The van der Waals surface area contributed by atoms with Crippen LogP contribution in [0.4, 0.5) is 10.5 Å². The Kier molecular flexibility index (Phi) is 3.72. The fourth-order valence-electron chi connectivity index (χ4n) is 2.47. The second-order valence-electron chi connectivity index (χ2n) is 4.75. The Morgan fingerprint density at radius 2 is 1.76 bits per heavy atom. The maximum absolute atomic E-state index is 12.1. The zero-order valence-electron chi connectivity index (χ0n) is 11.8. The van der Waals surface area contributed by atoms with Gasteiger partial charge < -0.3 is 14.5 Å². The molecule has 21 heavy (non-hydrogen) atoms. The number of aromatic nitrogens is 3. The quantitative estimate of drug-likeness (QED) is 0.827. The zero-order valence-corrected chi connectivity index (χ0v) is 11.8. The Morgan fingerprint density at radius 3 is 2.43 bits per heavy atom. The lowest BCUT2D eigenvalue weighted by Crippen LogP contribution is -2.50. The minimum atomic E-state index is -0.181. The highest BCUT2D eigenvalue weighted by Gasteiger charge is 2.24. The molecule has 1 aromatic carbocycles. The van der Waals surface area contributed by atoms with E-state index in [0.29, 0.717) is 13.1 Å². The summed E-state index contributed by atoms with van der Waals surface area (Å²) in [5, 5.41) is 7.75. The number of rotatable bonds is 2. The number of hydrogen-bond donors (Lipinski definition) is 0. The van der Waals surface area contributed by atoms with Crippen molar-refractivity contribution in [3.05, 3.63) is 36.7 Å². The van der Waals surface area contributed by atoms with E-state index in [1.165, 1.54) is 12.4 Å². The Hall–Kier alpha value is -2.57. The molecule has 0 unspecified atom stereocenters. The molecule has 7 nitrogen and oxygen atoms in total. The minimum absolute atomic E-state index is 0.181. The molecule has 0 radical (unpaired) electrons. The van der Waals surface area contributed by atoms with Crippen LogP contribution in [0.3, 0.4) is 0 Å². The van der Waals surface area contributed by atoms with Gasteiger partial charge >= 0.3 is 6.03 Å². The van der Waals surface area contributed by atoms with E-state index in [2.05, 4.69) is 15.1 Å². The van der Waals surface area contributed by atoms with E-state index in [0.717, 1.165) is 29.3 Å². The van der Waals surface area contributed by atoms with Crippen LogP contribution >= 0.6 is 0 Å². The van der Waals surface area contributed by atoms with Crippen molar-refractivity contribution in [2.24, 2.45) is 0 Å². The number of hydrogen-bond acceptors (Lipinski definition) is 5. The van der Waals surface area contributed by atoms with Crippen molar-refractivity contribution in [2.75, 3.05) is 38.2 Å². The molecule has 0 N–H and O–H groups in total. The van der Waals surface area contributed by atoms with E-state index in [1.807, 2.05) is 24.3 Å². The smallest absolute Gasteiger partial charge is 0.362 e. The number of carbonyl (C=O) groups is 1. The average Bonchev–Trinajstić information content (AvgIpc) is 3.09. The molecule has 110 valence electrons.